The Morgan fingerprint density at radius 3 is 2.39 bits per heavy atom. The van der Waals surface area contributed by atoms with E-state index in [4.69, 9.17) is 5.73 Å². The predicted octanol–water partition coefficient (Wildman–Crippen LogP) is 6.16. The first kappa shape index (κ1) is 25.5. The monoisotopic (exact) mass is 514 g/mol. The maximum Gasteiger partial charge on any atom is 0.232 e. The van der Waals surface area contributed by atoms with E-state index >= 15 is 0 Å². The Kier molecular flexibility index (Phi) is 5.93. The Morgan fingerprint density at radius 1 is 0.868 bits per heavy atom. The van der Waals surface area contributed by atoms with Crippen LogP contribution in [0.3, 0.4) is 0 Å². The number of rotatable bonds is 2. The summed E-state index contributed by atoms with van der Waals surface area (Å²) in [4.78, 5) is 28.1. The highest BCUT2D eigenvalue weighted by Gasteiger charge is 2.56. The lowest BCUT2D eigenvalue weighted by Gasteiger charge is -2.55. The van der Waals surface area contributed by atoms with E-state index in [1.54, 1.807) is 6.07 Å². The molecule has 4 aliphatic carbocycles. The highest BCUT2D eigenvalue weighted by atomic mass is 16.3. The first-order valence-electron chi connectivity index (χ1n) is 14.6. The van der Waals surface area contributed by atoms with Gasteiger partial charge in [0, 0.05) is 5.69 Å². The van der Waals surface area contributed by atoms with Gasteiger partial charge < -0.3 is 10.8 Å². The van der Waals surface area contributed by atoms with Gasteiger partial charge in [0.2, 0.25) is 11.8 Å². The molecule has 2 aromatic rings. The standard InChI is InChI=1S/C33H42N2O3/c1-31-16-5-17-33(3,28(31)14-10-21-7-11-22(34)18-27(21)31)30(38)35-29(37)32(2)15-4-6-24-25-19-23(36)12-8-20(25)9-13-26(24)32/h7-8,11-12,18-19,24,26,28,36H,4-6,9-10,13-17,34H2,1-3H3,(H,35,37,38)/t24?,26-,28-,31-,32+,33+/m1/s1. The number of nitrogens with one attached hydrogen (secondary N) is 1. The van der Waals surface area contributed by atoms with Crippen LogP contribution in [0.15, 0.2) is 36.4 Å². The van der Waals surface area contributed by atoms with Crippen LogP contribution in [-0.2, 0) is 27.8 Å². The van der Waals surface area contributed by atoms with E-state index in [1.165, 1.54) is 22.3 Å². The minimum absolute atomic E-state index is 0.0945. The quantitative estimate of drug-likeness (QED) is 0.330. The van der Waals surface area contributed by atoms with Crippen LogP contribution >= 0.6 is 0 Å². The van der Waals surface area contributed by atoms with Gasteiger partial charge in [-0.3, -0.25) is 14.9 Å². The van der Waals surface area contributed by atoms with Crippen LogP contribution in [0.1, 0.15) is 100 Å². The van der Waals surface area contributed by atoms with Gasteiger partial charge in [-0.05, 0) is 121 Å². The van der Waals surface area contributed by atoms with Crippen molar-refractivity contribution in [1.82, 2.24) is 5.32 Å². The molecule has 38 heavy (non-hydrogen) atoms. The van der Waals surface area contributed by atoms with E-state index in [9.17, 15) is 14.7 Å². The van der Waals surface area contributed by atoms with E-state index in [-0.39, 0.29) is 35.0 Å². The second-order valence-corrected chi connectivity index (χ2v) is 13.4. The molecule has 1 unspecified atom stereocenters. The molecule has 2 saturated carbocycles. The Balaban J connectivity index is 1.26. The number of phenolic OH excluding ortho intramolecular Hbond substituents is 1. The first-order chi connectivity index (χ1) is 18.1. The predicted molar refractivity (Wildman–Crippen MR) is 150 cm³/mol. The third-order valence-corrected chi connectivity index (χ3v) is 11.4. The number of phenols is 1. The second kappa shape index (κ2) is 8.86. The lowest BCUT2D eigenvalue weighted by molar-refractivity contribution is -0.149. The number of amides is 2. The average Bonchev–Trinajstić information content (AvgIpc) is 2.89. The topological polar surface area (TPSA) is 92.4 Å². The van der Waals surface area contributed by atoms with Crippen molar-refractivity contribution in [2.75, 3.05) is 5.73 Å². The number of hydrogen-bond donors (Lipinski definition) is 3. The molecule has 5 heteroatoms. The summed E-state index contributed by atoms with van der Waals surface area (Å²) in [5.41, 5.74) is 10.8. The van der Waals surface area contributed by atoms with Crippen LogP contribution in [0.2, 0.25) is 0 Å². The van der Waals surface area contributed by atoms with Gasteiger partial charge in [-0.2, -0.15) is 0 Å². The maximum absolute atomic E-state index is 14.1. The second-order valence-electron chi connectivity index (χ2n) is 13.4. The summed E-state index contributed by atoms with van der Waals surface area (Å²) in [6, 6.07) is 12.0. The van der Waals surface area contributed by atoms with Gasteiger partial charge in [-0.15, -0.1) is 0 Å². The molecule has 0 aliphatic heterocycles. The van der Waals surface area contributed by atoms with Gasteiger partial charge in [-0.25, -0.2) is 0 Å². The number of hydrogen-bond acceptors (Lipinski definition) is 4. The molecule has 2 amide bonds. The van der Waals surface area contributed by atoms with Crippen molar-refractivity contribution in [3.63, 3.8) is 0 Å². The first-order valence-corrected chi connectivity index (χ1v) is 14.6. The van der Waals surface area contributed by atoms with Crippen LogP contribution in [-0.4, -0.2) is 16.9 Å². The van der Waals surface area contributed by atoms with Crippen LogP contribution in [0.4, 0.5) is 5.69 Å². The third kappa shape index (κ3) is 3.71. The molecule has 0 aromatic heterocycles. The molecule has 5 nitrogen and oxygen atoms in total. The number of imide groups is 1. The summed E-state index contributed by atoms with van der Waals surface area (Å²) in [6.07, 6.45) is 9.33. The van der Waals surface area contributed by atoms with Crippen molar-refractivity contribution in [2.45, 2.75) is 96.3 Å². The molecule has 202 valence electrons. The number of nitrogens with two attached hydrogens (primary N) is 1. The molecule has 4 N–H and O–H groups in total. The van der Waals surface area contributed by atoms with Crippen molar-refractivity contribution in [2.24, 2.45) is 22.7 Å². The molecule has 0 heterocycles. The molecule has 4 aliphatic rings. The van der Waals surface area contributed by atoms with E-state index in [1.807, 2.05) is 18.2 Å². The fraction of sp³-hybridized carbons (Fsp3) is 0.576. The van der Waals surface area contributed by atoms with Crippen LogP contribution in [0, 0.1) is 22.7 Å². The van der Waals surface area contributed by atoms with Gasteiger partial charge in [0.1, 0.15) is 5.75 Å². The summed E-state index contributed by atoms with van der Waals surface area (Å²) in [6.45, 7) is 6.48. The molecule has 2 aromatic carbocycles. The van der Waals surface area contributed by atoms with E-state index in [0.29, 0.717) is 5.75 Å². The number of aromatic hydroxyl groups is 1. The van der Waals surface area contributed by atoms with Crippen molar-refractivity contribution in [3.8, 4) is 5.75 Å². The number of anilines is 1. The Labute approximate surface area is 226 Å². The maximum atomic E-state index is 14.1. The number of carbonyl (C=O) groups is 2. The lowest BCUT2D eigenvalue weighted by Crippen LogP contribution is -2.58. The number of benzene rings is 2. The Hall–Kier alpha value is -2.82. The SMILES string of the molecule is C[C@]1(C(=O)NC(=O)[C@@]2(C)CCC[C@]3(C)c4cc(N)ccc4CC[C@@H]23)CCCC2c3cc(O)ccc3CC[C@H]21. The van der Waals surface area contributed by atoms with Gasteiger partial charge in [0.05, 0.1) is 10.8 Å². The summed E-state index contributed by atoms with van der Waals surface area (Å²) in [5, 5.41) is 13.2. The summed E-state index contributed by atoms with van der Waals surface area (Å²) < 4.78 is 0. The molecule has 0 saturated heterocycles. The molecule has 0 spiro atoms. The van der Waals surface area contributed by atoms with Crippen molar-refractivity contribution in [1.29, 1.82) is 0 Å². The van der Waals surface area contributed by atoms with Crippen LogP contribution in [0.25, 0.3) is 0 Å². The normalized spacial score (nSPS) is 35.7. The smallest absolute Gasteiger partial charge is 0.232 e. The van der Waals surface area contributed by atoms with Gasteiger partial charge in [0.15, 0.2) is 0 Å². The average molecular weight is 515 g/mol. The van der Waals surface area contributed by atoms with Crippen molar-refractivity contribution in [3.05, 3.63) is 58.7 Å². The zero-order chi connectivity index (χ0) is 26.9. The Bertz CT molecular complexity index is 1300. The van der Waals surface area contributed by atoms with Crippen LogP contribution in [0.5, 0.6) is 5.75 Å². The molecule has 0 bridgehead atoms. The number of aryl methyl sites for hydroxylation is 2. The minimum Gasteiger partial charge on any atom is -0.508 e. The lowest BCUT2D eigenvalue weighted by atomic mass is 9.49. The zero-order valence-electron chi connectivity index (χ0n) is 23.1. The van der Waals surface area contributed by atoms with E-state index in [2.05, 4.69) is 38.2 Å². The van der Waals surface area contributed by atoms with Gasteiger partial charge in [0.25, 0.3) is 0 Å². The highest BCUT2D eigenvalue weighted by Crippen LogP contribution is 2.58. The fourth-order valence-electron chi connectivity index (χ4n) is 9.30. The summed E-state index contributed by atoms with van der Waals surface area (Å²) in [5.74, 6) is 0.687. The number of nitrogen functional groups attached to an aromatic ring is 1. The molecule has 2 fully saturated rings. The van der Waals surface area contributed by atoms with Crippen molar-refractivity contribution >= 4 is 17.5 Å². The molecule has 0 radical (unpaired) electrons. The van der Waals surface area contributed by atoms with Gasteiger partial charge in [-0.1, -0.05) is 45.7 Å². The number of fused-ring (bicyclic) bond motifs is 6. The summed E-state index contributed by atoms with van der Waals surface area (Å²) in [7, 11) is 0. The van der Waals surface area contributed by atoms with E-state index in [0.717, 1.165) is 69.9 Å². The zero-order valence-corrected chi connectivity index (χ0v) is 23.1. The number of carbonyl (C=O) groups excluding carboxylic acids is 2. The third-order valence-electron chi connectivity index (χ3n) is 11.4. The van der Waals surface area contributed by atoms with E-state index < -0.39 is 10.8 Å². The molecule has 6 atom stereocenters. The summed E-state index contributed by atoms with van der Waals surface area (Å²) >= 11 is 0. The minimum atomic E-state index is -0.597. The highest BCUT2D eigenvalue weighted by molar-refractivity contribution is 6.00. The van der Waals surface area contributed by atoms with Gasteiger partial charge >= 0.3 is 0 Å². The van der Waals surface area contributed by atoms with Crippen molar-refractivity contribution < 1.29 is 14.7 Å². The molecular formula is C33H42N2O3. The largest absolute Gasteiger partial charge is 0.508 e. The Morgan fingerprint density at radius 2 is 1.58 bits per heavy atom. The molecular weight excluding hydrogens is 472 g/mol. The fourth-order valence-corrected chi connectivity index (χ4v) is 9.30. The van der Waals surface area contributed by atoms with Crippen LogP contribution < -0.4 is 11.1 Å². The molecule has 6 rings (SSSR count).